The van der Waals surface area contributed by atoms with Crippen LogP contribution in [0, 0.1) is 5.82 Å². The number of nitrogens with zero attached hydrogens (tertiary/aromatic N) is 6. The van der Waals surface area contributed by atoms with Crippen molar-refractivity contribution in [1.29, 1.82) is 0 Å². The Morgan fingerprint density at radius 1 is 0.977 bits per heavy atom. The van der Waals surface area contributed by atoms with E-state index in [0.29, 0.717) is 23.0 Å². The molecule has 5 rings (SSSR count). The van der Waals surface area contributed by atoms with Gasteiger partial charge < -0.3 is 9.84 Å². The molecule has 2 aromatic carbocycles. The third-order valence-corrected chi connectivity index (χ3v) is 6.83. The Kier molecular flexibility index (Phi) is 8.69. The van der Waals surface area contributed by atoms with Crippen molar-refractivity contribution in [3.8, 4) is 27.9 Å². The molecular weight excluding hydrogens is 618 g/mol. The van der Waals surface area contributed by atoms with Gasteiger partial charge in [-0.3, -0.25) is 9.67 Å². The van der Waals surface area contributed by atoms with Crippen LogP contribution in [0.15, 0.2) is 73.3 Å². The number of halogens is 7. The summed E-state index contributed by atoms with van der Waals surface area (Å²) in [4.78, 5) is 15.5. The standard InChI is InChI=1S/C28H19ClF6N6O3/c29-19-6-8-22(41-14-23(38-39-41)28(33,34)35)24(25(19)30)17-5-7-20(36-11-17)21(9-10-44-27(31)32)40-13-18(12-37-40)15-1-3-16(4-2-15)26(42)43/h1-8,11-14,21,27H,9-10H2,(H,42,43). The minimum atomic E-state index is -4.77. The van der Waals surface area contributed by atoms with Crippen LogP contribution in [0.1, 0.15) is 34.2 Å². The second-order valence-electron chi connectivity index (χ2n) is 9.30. The Bertz CT molecular complexity index is 1770. The van der Waals surface area contributed by atoms with Crippen LogP contribution < -0.4 is 0 Å². The van der Waals surface area contributed by atoms with Gasteiger partial charge in [0, 0.05) is 29.1 Å². The molecule has 0 saturated carbocycles. The average molecular weight is 637 g/mol. The Labute approximate surface area is 249 Å². The van der Waals surface area contributed by atoms with Crippen molar-refractivity contribution in [2.75, 3.05) is 6.61 Å². The maximum absolute atomic E-state index is 15.3. The molecule has 0 saturated heterocycles. The number of hydrogen-bond donors (Lipinski definition) is 1. The highest BCUT2D eigenvalue weighted by Gasteiger charge is 2.35. The van der Waals surface area contributed by atoms with E-state index in [2.05, 4.69) is 25.1 Å². The largest absolute Gasteiger partial charge is 0.478 e. The summed E-state index contributed by atoms with van der Waals surface area (Å²) < 4.78 is 86.8. The lowest BCUT2D eigenvalue weighted by Crippen LogP contribution is -2.16. The van der Waals surface area contributed by atoms with Crippen LogP contribution >= 0.6 is 11.6 Å². The molecule has 0 aliphatic carbocycles. The molecule has 0 aliphatic rings. The molecule has 0 bridgehead atoms. The molecule has 3 heterocycles. The van der Waals surface area contributed by atoms with Crippen LogP contribution in [-0.4, -0.2) is 54.1 Å². The number of ether oxygens (including phenoxy) is 1. The monoisotopic (exact) mass is 636 g/mol. The lowest BCUT2D eigenvalue weighted by molar-refractivity contribution is -0.141. The lowest BCUT2D eigenvalue weighted by Gasteiger charge is -2.18. The fourth-order valence-corrected chi connectivity index (χ4v) is 4.57. The van der Waals surface area contributed by atoms with Crippen molar-refractivity contribution in [3.63, 3.8) is 0 Å². The van der Waals surface area contributed by atoms with E-state index in [1.165, 1.54) is 47.4 Å². The summed E-state index contributed by atoms with van der Waals surface area (Å²) in [5, 5.41) is 19.8. The quantitative estimate of drug-likeness (QED) is 0.166. The van der Waals surface area contributed by atoms with E-state index in [1.54, 1.807) is 18.3 Å². The summed E-state index contributed by atoms with van der Waals surface area (Å²) in [7, 11) is 0. The van der Waals surface area contributed by atoms with Gasteiger partial charge in [-0.25, -0.2) is 13.9 Å². The first kappa shape index (κ1) is 30.7. The maximum atomic E-state index is 15.3. The second-order valence-corrected chi connectivity index (χ2v) is 9.71. The normalized spacial score (nSPS) is 12.5. The number of carboxylic acids is 1. The van der Waals surface area contributed by atoms with Crippen LogP contribution in [0.2, 0.25) is 5.02 Å². The van der Waals surface area contributed by atoms with E-state index in [9.17, 15) is 26.7 Å². The number of rotatable bonds is 10. The molecule has 44 heavy (non-hydrogen) atoms. The minimum Gasteiger partial charge on any atom is -0.478 e. The first-order chi connectivity index (χ1) is 20.9. The highest BCUT2D eigenvalue weighted by Crippen LogP contribution is 2.35. The molecule has 0 spiro atoms. The van der Waals surface area contributed by atoms with Crippen molar-refractivity contribution in [2.24, 2.45) is 0 Å². The number of pyridine rings is 1. The molecule has 0 amide bonds. The maximum Gasteiger partial charge on any atom is 0.436 e. The predicted molar refractivity (Wildman–Crippen MR) is 144 cm³/mol. The van der Waals surface area contributed by atoms with Crippen molar-refractivity contribution in [1.82, 2.24) is 29.8 Å². The van der Waals surface area contributed by atoms with Gasteiger partial charge in [0.25, 0.3) is 0 Å². The summed E-state index contributed by atoms with van der Waals surface area (Å²) in [6, 6.07) is 10.7. The molecule has 16 heteroatoms. The molecule has 0 aliphatic heterocycles. The Morgan fingerprint density at radius 2 is 1.70 bits per heavy atom. The van der Waals surface area contributed by atoms with E-state index in [0.717, 1.165) is 10.7 Å². The van der Waals surface area contributed by atoms with Gasteiger partial charge >= 0.3 is 18.8 Å². The third-order valence-electron chi connectivity index (χ3n) is 6.54. The van der Waals surface area contributed by atoms with Crippen LogP contribution in [0.25, 0.3) is 27.9 Å². The van der Waals surface area contributed by atoms with Gasteiger partial charge in [-0.15, -0.1) is 5.10 Å². The fraction of sp³-hybridized carbons (Fsp3) is 0.179. The predicted octanol–water partition coefficient (Wildman–Crippen LogP) is 6.92. The Morgan fingerprint density at radius 3 is 2.32 bits per heavy atom. The zero-order chi connectivity index (χ0) is 31.6. The molecule has 0 fully saturated rings. The number of carboxylic acid groups (broad SMARTS) is 1. The average Bonchev–Trinajstić information content (AvgIpc) is 3.68. The van der Waals surface area contributed by atoms with Gasteiger partial charge in [0.05, 0.1) is 47.0 Å². The van der Waals surface area contributed by atoms with E-state index >= 15 is 4.39 Å². The Balaban J connectivity index is 1.49. The first-order valence-electron chi connectivity index (χ1n) is 12.6. The lowest BCUT2D eigenvalue weighted by atomic mass is 10.0. The molecule has 1 unspecified atom stereocenters. The first-order valence-corrected chi connectivity index (χ1v) is 13.0. The number of hydrogen-bond acceptors (Lipinski definition) is 6. The summed E-state index contributed by atoms with van der Waals surface area (Å²) in [6.07, 6.45) is 0.223. The zero-order valence-corrected chi connectivity index (χ0v) is 22.8. The molecule has 1 N–H and O–H groups in total. The summed E-state index contributed by atoms with van der Waals surface area (Å²) in [5.74, 6) is -2.02. The molecule has 1 atom stereocenters. The topological polar surface area (TPSA) is 108 Å². The van der Waals surface area contributed by atoms with Crippen molar-refractivity contribution in [3.05, 3.63) is 101 Å². The van der Waals surface area contributed by atoms with Gasteiger partial charge in [-0.1, -0.05) is 35.0 Å². The van der Waals surface area contributed by atoms with Crippen LogP contribution in [0.3, 0.4) is 0 Å². The van der Waals surface area contributed by atoms with Crippen LogP contribution in [0.4, 0.5) is 26.3 Å². The Hall–Kier alpha value is -4.76. The van der Waals surface area contributed by atoms with Crippen molar-refractivity contribution >= 4 is 17.6 Å². The minimum absolute atomic E-state index is 0.00567. The van der Waals surface area contributed by atoms with Crippen LogP contribution in [-0.2, 0) is 10.9 Å². The van der Waals surface area contributed by atoms with Crippen LogP contribution in [0.5, 0.6) is 0 Å². The fourth-order valence-electron chi connectivity index (χ4n) is 4.41. The van der Waals surface area contributed by atoms with Gasteiger partial charge in [0.15, 0.2) is 11.5 Å². The number of benzene rings is 2. The number of alkyl halides is 5. The number of carbonyl (C=O) groups is 1. The summed E-state index contributed by atoms with van der Waals surface area (Å²) in [5.41, 5.74) is 0.249. The van der Waals surface area contributed by atoms with Gasteiger partial charge in [-0.05, 0) is 42.3 Å². The summed E-state index contributed by atoms with van der Waals surface area (Å²) in [6.45, 7) is -3.37. The second kappa shape index (κ2) is 12.5. The van der Waals surface area contributed by atoms with Gasteiger partial charge in [0.1, 0.15) is 0 Å². The zero-order valence-electron chi connectivity index (χ0n) is 22.1. The van der Waals surface area contributed by atoms with Crippen molar-refractivity contribution < 1.29 is 41.0 Å². The summed E-state index contributed by atoms with van der Waals surface area (Å²) >= 11 is 5.99. The van der Waals surface area contributed by atoms with E-state index in [-0.39, 0.29) is 40.4 Å². The van der Waals surface area contributed by atoms with Gasteiger partial charge in [-0.2, -0.15) is 27.1 Å². The van der Waals surface area contributed by atoms with Crippen molar-refractivity contribution in [2.45, 2.75) is 25.3 Å². The van der Waals surface area contributed by atoms with E-state index in [1.807, 2.05) is 0 Å². The third kappa shape index (κ3) is 6.58. The highest BCUT2D eigenvalue weighted by molar-refractivity contribution is 6.31. The molecule has 5 aromatic rings. The number of aromatic carboxylic acids is 1. The molecule has 9 nitrogen and oxygen atoms in total. The molecular formula is C28H19ClF6N6O3. The smallest absolute Gasteiger partial charge is 0.436 e. The molecule has 0 radical (unpaired) electrons. The molecule has 3 aromatic heterocycles. The highest BCUT2D eigenvalue weighted by atomic mass is 35.5. The van der Waals surface area contributed by atoms with E-state index < -0.39 is 36.3 Å². The van der Waals surface area contributed by atoms with E-state index in [4.69, 9.17) is 16.7 Å². The van der Waals surface area contributed by atoms with Gasteiger partial charge in [0.2, 0.25) is 0 Å². The molecule has 228 valence electrons. The number of aromatic nitrogens is 6. The SMILES string of the molecule is O=C(O)c1ccc(-c2cnn(C(CCOC(F)F)c3ccc(-c4c(-n5cc(C(F)(F)F)nn5)ccc(Cl)c4F)cn3)c2)cc1.